The summed E-state index contributed by atoms with van der Waals surface area (Å²) in [5, 5.41) is 12.7. The molecule has 2 fully saturated rings. The highest BCUT2D eigenvalue weighted by Crippen LogP contribution is 2.25. The first kappa shape index (κ1) is 18.2. The molecule has 138 valence electrons. The molecule has 0 aliphatic carbocycles. The number of aliphatic hydroxyl groups excluding tert-OH is 1. The number of hydrogen-bond acceptors (Lipinski definition) is 4. The molecule has 0 bridgehead atoms. The third-order valence-corrected chi connectivity index (χ3v) is 5.52. The zero-order valence-corrected chi connectivity index (χ0v) is 15.4. The van der Waals surface area contributed by atoms with Gasteiger partial charge in [-0.3, -0.25) is 9.69 Å². The first-order valence-electron chi connectivity index (χ1n) is 9.64. The minimum absolute atomic E-state index is 0.0337. The Morgan fingerprint density at radius 3 is 2.48 bits per heavy atom. The second-order valence-electron chi connectivity index (χ2n) is 7.52. The number of rotatable bonds is 6. The summed E-state index contributed by atoms with van der Waals surface area (Å²) in [5.74, 6) is 0.0337. The summed E-state index contributed by atoms with van der Waals surface area (Å²) in [6.45, 7) is 6.97. The van der Waals surface area contributed by atoms with Gasteiger partial charge >= 0.3 is 0 Å². The molecule has 2 saturated heterocycles. The molecule has 1 aromatic rings. The van der Waals surface area contributed by atoms with Gasteiger partial charge in [0.25, 0.3) is 0 Å². The minimum Gasteiger partial charge on any atom is -0.393 e. The van der Waals surface area contributed by atoms with E-state index in [2.05, 4.69) is 27.2 Å². The van der Waals surface area contributed by atoms with Crippen LogP contribution in [0.2, 0.25) is 0 Å². The number of carbonyl (C=O) groups excluding carboxylic acids is 1. The molecule has 3 rings (SSSR count). The van der Waals surface area contributed by atoms with E-state index in [0.717, 1.165) is 44.6 Å². The van der Waals surface area contributed by atoms with Crippen molar-refractivity contribution in [1.29, 1.82) is 0 Å². The largest absolute Gasteiger partial charge is 0.393 e. The average Bonchev–Trinajstić information content (AvgIpc) is 3.26. The highest BCUT2D eigenvalue weighted by Gasteiger charge is 2.32. The Hall–Kier alpha value is -1.59. The van der Waals surface area contributed by atoms with Crippen LogP contribution >= 0.6 is 0 Å². The Morgan fingerprint density at radius 1 is 1.16 bits per heavy atom. The Kier molecular flexibility index (Phi) is 5.97. The van der Waals surface area contributed by atoms with E-state index < -0.39 is 0 Å². The van der Waals surface area contributed by atoms with Crippen LogP contribution in [0.15, 0.2) is 24.3 Å². The summed E-state index contributed by atoms with van der Waals surface area (Å²) >= 11 is 0. The molecule has 1 amide bonds. The fraction of sp³-hybridized carbons (Fsp3) is 0.650. The molecule has 2 heterocycles. The van der Waals surface area contributed by atoms with Gasteiger partial charge in [0.05, 0.1) is 12.1 Å². The lowest BCUT2D eigenvalue weighted by atomic mass is 10.1. The van der Waals surface area contributed by atoms with E-state index in [4.69, 9.17) is 0 Å². The molecule has 2 N–H and O–H groups in total. The molecule has 2 aliphatic rings. The number of nitrogens with one attached hydrogen (secondary N) is 1. The number of aliphatic hydroxyl groups is 1. The highest BCUT2D eigenvalue weighted by molar-refractivity contribution is 5.94. The van der Waals surface area contributed by atoms with Gasteiger partial charge in [-0.05, 0) is 76.8 Å². The fourth-order valence-electron chi connectivity index (χ4n) is 4.14. The van der Waals surface area contributed by atoms with Crippen LogP contribution in [0.1, 0.15) is 46.0 Å². The Balaban J connectivity index is 1.57. The summed E-state index contributed by atoms with van der Waals surface area (Å²) in [4.78, 5) is 17.3. The van der Waals surface area contributed by atoms with Crippen LogP contribution in [0.4, 0.5) is 11.4 Å². The van der Waals surface area contributed by atoms with E-state index in [9.17, 15) is 9.90 Å². The number of amides is 1. The van der Waals surface area contributed by atoms with Crippen molar-refractivity contribution in [3.63, 3.8) is 0 Å². The van der Waals surface area contributed by atoms with Crippen LogP contribution in [0.25, 0.3) is 0 Å². The summed E-state index contributed by atoms with van der Waals surface area (Å²) in [6.07, 6.45) is 5.10. The predicted molar refractivity (Wildman–Crippen MR) is 102 cm³/mol. The van der Waals surface area contributed by atoms with Crippen molar-refractivity contribution >= 4 is 17.3 Å². The summed E-state index contributed by atoms with van der Waals surface area (Å²) in [6, 6.07) is 8.31. The maximum absolute atomic E-state index is 12.6. The maximum Gasteiger partial charge on any atom is 0.241 e. The van der Waals surface area contributed by atoms with Crippen molar-refractivity contribution < 1.29 is 9.90 Å². The number of anilines is 2. The third kappa shape index (κ3) is 4.53. The van der Waals surface area contributed by atoms with Crippen LogP contribution in [-0.4, -0.2) is 53.7 Å². The van der Waals surface area contributed by atoms with Gasteiger partial charge in [0.15, 0.2) is 0 Å². The van der Waals surface area contributed by atoms with Gasteiger partial charge in [0, 0.05) is 30.5 Å². The SMILES string of the molecule is CC(O)CC1CCCN1C(C)C(=O)Nc1ccc(N2CCCC2)cc1. The van der Waals surface area contributed by atoms with Gasteiger partial charge in [-0.25, -0.2) is 0 Å². The fourth-order valence-corrected chi connectivity index (χ4v) is 4.14. The molecule has 5 heteroatoms. The van der Waals surface area contributed by atoms with E-state index in [0.29, 0.717) is 6.04 Å². The van der Waals surface area contributed by atoms with Crippen molar-refractivity contribution in [1.82, 2.24) is 4.90 Å². The zero-order chi connectivity index (χ0) is 17.8. The van der Waals surface area contributed by atoms with Gasteiger partial charge in [-0.1, -0.05) is 0 Å². The van der Waals surface area contributed by atoms with Gasteiger partial charge in [-0.2, -0.15) is 0 Å². The zero-order valence-electron chi connectivity index (χ0n) is 15.4. The first-order chi connectivity index (χ1) is 12.0. The molecule has 0 radical (unpaired) electrons. The van der Waals surface area contributed by atoms with Crippen molar-refractivity contribution in [3.05, 3.63) is 24.3 Å². The molecule has 5 nitrogen and oxygen atoms in total. The van der Waals surface area contributed by atoms with Gasteiger partial charge in [0.1, 0.15) is 0 Å². The van der Waals surface area contributed by atoms with Crippen LogP contribution in [0.5, 0.6) is 0 Å². The van der Waals surface area contributed by atoms with Gasteiger partial charge in [-0.15, -0.1) is 0 Å². The Morgan fingerprint density at radius 2 is 1.84 bits per heavy atom. The monoisotopic (exact) mass is 345 g/mol. The molecule has 2 aliphatic heterocycles. The quantitative estimate of drug-likeness (QED) is 0.832. The van der Waals surface area contributed by atoms with Crippen LogP contribution in [0.3, 0.4) is 0 Å². The highest BCUT2D eigenvalue weighted by atomic mass is 16.3. The summed E-state index contributed by atoms with van der Waals surface area (Å²) < 4.78 is 0. The molecule has 0 aromatic heterocycles. The smallest absolute Gasteiger partial charge is 0.241 e. The van der Waals surface area contributed by atoms with E-state index in [-0.39, 0.29) is 18.1 Å². The number of carbonyl (C=O) groups is 1. The van der Waals surface area contributed by atoms with Crippen LogP contribution in [-0.2, 0) is 4.79 Å². The van der Waals surface area contributed by atoms with Gasteiger partial charge < -0.3 is 15.3 Å². The van der Waals surface area contributed by atoms with E-state index in [1.807, 2.05) is 26.0 Å². The predicted octanol–water partition coefficient (Wildman–Crippen LogP) is 2.85. The standard InChI is InChI=1S/C20H31N3O2/c1-15(24)14-19-6-5-13-23(19)16(2)20(25)21-17-7-9-18(10-8-17)22-11-3-4-12-22/h7-10,15-16,19,24H,3-6,11-14H2,1-2H3,(H,21,25). The maximum atomic E-state index is 12.6. The molecule has 3 atom stereocenters. The average molecular weight is 345 g/mol. The molecule has 3 unspecified atom stereocenters. The summed E-state index contributed by atoms with van der Waals surface area (Å²) in [5.41, 5.74) is 2.09. The van der Waals surface area contributed by atoms with E-state index in [1.165, 1.54) is 18.5 Å². The molecular formula is C20H31N3O2. The Bertz CT molecular complexity index is 567. The van der Waals surface area contributed by atoms with E-state index >= 15 is 0 Å². The van der Waals surface area contributed by atoms with Crippen LogP contribution < -0.4 is 10.2 Å². The molecule has 1 aromatic carbocycles. The lowest BCUT2D eigenvalue weighted by molar-refractivity contribution is -0.121. The molecule has 25 heavy (non-hydrogen) atoms. The third-order valence-electron chi connectivity index (χ3n) is 5.52. The van der Waals surface area contributed by atoms with Crippen molar-refractivity contribution in [2.24, 2.45) is 0 Å². The molecular weight excluding hydrogens is 314 g/mol. The molecule has 0 spiro atoms. The number of benzene rings is 1. The normalized spacial score (nSPS) is 23.6. The van der Waals surface area contributed by atoms with Crippen molar-refractivity contribution in [3.8, 4) is 0 Å². The van der Waals surface area contributed by atoms with E-state index in [1.54, 1.807) is 0 Å². The first-order valence-corrected chi connectivity index (χ1v) is 9.64. The second kappa shape index (κ2) is 8.19. The topological polar surface area (TPSA) is 55.8 Å². The van der Waals surface area contributed by atoms with Crippen molar-refractivity contribution in [2.45, 2.75) is 64.1 Å². The second-order valence-corrected chi connectivity index (χ2v) is 7.52. The lowest BCUT2D eigenvalue weighted by Gasteiger charge is -2.30. The van der Waals surface area contributed by atoms with Crippen molar-refractivity contribution in [2.75, 3.05) is 29.9 Å². The number of nitrogens with zero attached hydrogens (tertiary/aromatic N) is 2. The minimum atomic E-state index is -0.320. The Labute approximate surface area is 151 Å². The number of likely N-dealkylation sites (tertiary alicyclic amines) is 1. The van der Waals surface area contributed by atoms with Gasteiger partial charge in [0.2, 0.25) is 5.91 Å². The molecule has 0 saturated carbocycles. The lowest BCUT2D eigenvalue weighted by Crippen LogP contribution is -2.45. The number of hydrogen-bond donors (Lipinski definition) is 2. The van der Waals surface area contributed by atoms with Crippen LogP contribution in [0, 0.1) is 0 Å². The summed E-state index contributed by atoms with van der Waals surface area (Å²) in [7, 11) is 0.